The Labute approximate surface area is 179 Å². The monoisotopic (exact) mass is 422 g/mol. The minimum atomic E-state index is -0.238. The molecule has 0 unspecified atom stereocenters. The number of hydrogen-bond acceptors (Lipinski definition) is 4. The van der Waals surface area contributed by atoms with E-state index in [1.54, 1.807) is 33.6 Å². The van der Waals surface area contributed by atoms with Gasteiger partial charge in [-0.05, 0) is 61.1 Å². The molecule has 0 radical (unpaired) electrons. The molecule has 0 saturated carbocycles. The van der Waals surface area contributed by atoms with E-state index in [0.717, 1.165) is 54.6 Å². The first-order valence-electron chi connectivity index (χ1n) is 10.4. The normalized spacial score (nSPS) is 11.2. The predicted octanol–water partition coefficient (Wildman–Crippen LogP) is 4.20. The van der Waals surface area contributed by atoms with E-state index < -0.39 is 0 Å². The average molecular weight is 422 g/mol. The van der Waals surface area contributed by atoms with Crippen LogP contribution in [0.1, 0.15) is 41.8 Å². The van der Waals surface area contributed by atoms with Crippen LogP contribution < -0.4 is 0 Å². The highest BCUT2D eigenvalue weighted by Crippen LogP contribution is 2.10. The SMILES string of the molecule is Fc1ccc(Cn2cc(CCCCCc3cn(Cc4ccc(F)cc4)nn3)nn2)cc1. The number of aryl methyl sites for hydroxylation is 2. The molecule has 2 heterocycles. The maximum absolute atomic E-state index is 13.0. The number of nitrogens with zero attached hydrogens (tertiary/aromatic N) is 6. The van der Waals surface area contributed by atoms with Crippen LogP contribution in [0.5, 0.6) is 0 Å². The highest BCUT2D eigenvalue weighted by atomic mass is 19.1. The van der Waals surface area contributed by atoms with Crippen molar-refractivity contribution in [3.05, 3.63) is 95.1 Å². The molecule has 160 valence electrons. The van der Waals surface area contributed by atoms with Gasteiger partial charge in [0.2, 0.25) is 0 Å². The summed E-state index contributed by atoms with van der Waals surface area (Å²) in [4.78, 5) is 0. The van der Waals surface area contributed by atoms with Gasteiger partial charge >= 0.3 is 0 Å². The van der Waals surface area contributed by atoms with Crippen LogP contribution in [-0.2, 0) is 25.9 Å². The van der Waals surface area contributed by atoms with Crippen LogP contribution in [0.4, 0.5) is 8.78 Å². The first-order valence-corrected chi connectivity index (χ1v) is 10.4. The lowest BCUT2D eigenvalue weighted by atomic mass is 10.1. The van der Waals surface area contributed by atoms with Gasteiger partial charge in [-0.1, -0.05) is 41.1 Å². The first-order chi connectivity index (χ1) is 15.1. The quantitative estimate of drug-likeness (QED) is 0.360. The van der Waals surface area contributed by atoms with Crippen molar-refractivity contribution in [1.29, 1.82) is 0 Å². The molecular weight excluding hydrogens is 398 g/mol. The highest BCUT2D eigenvalue weighted by molar-refractivity contribution is 5.17. The van der Waals surface area contributed by atoms with Gasteiger partial charge < -0.3 is 0 Å². The van der Waals surface area contributed by atoms with Gasteiger partial charge in [-0.3, -0.25) is 0 Å². The predicted molar refractivity (Wildman–Crippen MR) is 112 cm³/mol. The molecule has 0 aliphatic carbocycles. The van der Waals surface area contributed by atoms with E-state index >= 15 is 0 Å². The van der Waals surface area contributed by atoms with Crippen molar-refractivity contribution in [2.45, 2.75) is 45.2 Å². The lowest BCUT2D eigenvalue weighted by molar-refractivity contribution is 0.621. The number of rotatable bonds is 10. The van der Waals surface area contributed by atoms with Crippen molar-refractivity contribution in [3.8, 4) is 0 Å². The summed E-state index contributed by atoms with van der Waals surface area (Å²) in [5.74, 6) is -0.475. The standard InChI is InChI=1S/C23H24F2N6/c24-20-10-6-18(7-11-20)14-30-16-22(26-28-30)4-2-1-3-5-23-17-31(29-27-23)15-19-8-12-21(25)13-9-19/h6-13,16-17H,1-5,14-15H2. The number of benzene rings is 2. The molecule has 4 rings (SSSR count). The van der Waals surface area contributed by atoms with Gasteiger partial charge in [-0.25, -0.2) is 18.1 Å². The van der Waals surface area contributed by atoms with Crippen LogP contribution in [-0.4, -0.2) is 30.0 Å². The molecule has 0 saturated heterocycles. The van der Waals surface area contributed by atoms with E-state index in [9.17, 15) is 8.78 Å². The van der Waals surface area contributed by atoms with E-state index in [0.29, 0.717) is 13.1 Å². The summed E-state index contributed by atoms with van der Waals surface area (Å²) in [5.41, 5.74) is 3.91. The molecule has 31 heavy (non-hydrogen) atoms. The van der Waals surface area contributed by atoms with Crippen LogP contribution in [0, 0.1) is 11.6 Å². The number of hydrogen-bond donors (Lipinski definition) is 0. The maximum Gasteiger partial charge on any atom is 0.123 e. The van der Waals surface area contributed by atoms with Gasteiger partial charge in [0.15, 0.2) is 0 Å². The molecule has 6 nitrogen and oxygen atoms in total. The van der Waals surface area contributed by atoms with E-state index in [1.807, 2.05) is 12.4 Å². The fraction of sp³-hybridized carbons (Fsp3) is 0.304. The topological polar surface area (TPSA) is 61.4 Å². The van der Waals surface area contributed by atoms with E-state index in [2.05, 4.69) is 20.6 Å². The van der Waals surface area contributed by atoms with Crippen molar-refractivity contribution >= 4 is 0 Å². The summed E-state index contributed by atoms with van der Waals surface area (Å²) in [7, 11) is 0. The lowest BCUT2D eigenvalue weighted by Gasteiger charge is -2.00. The van der Waals surface area contributed by atoms with Gasteiger partial charge in [0.05, 0.1) is 24.5 Å². The zero-order chi connectivity index (χ0) is 21.5. The zero-order valence-corrected chi connectivity index (χ0v) is 17.2. The highest BCUT2D eigenvalue weighted by Gasteiger charge is 2.05. The number of unbranched alkanes of at least 4 members (excludes halogenated alkanes) is 2. The molecule has 4 aromatic rings. The van der Waals surface area contributed by atoms with Gasteiger partial charge in [-0.15, -0.1) is 10.2 Å². The van der Waals surface area contributed by atoms with Gasteiger partial charge in [-0.2, -0.15) is 0 Å². The Morgan fingerprint density at radius 1 is 0.581 bits per heavy atom. The molecule has 0 fully saturated rings. The third-order valence-corrected chi connectivity index (χ3v) is 5.05. The van der Waals surface area contributed by atoms with Crippen molar-refractivity contribution in [2.75, 3.05) is 0 Å². The fourth-order valence-electron chi connectivity index (χ4n) is 3.40. The number of aromatic nitrogens is 6. The Kier molecular flexibility index (Phi) is 6.76. The van der Waals surface area contributed by atoms with Crippen molar-refractivity contribution in [1.82, 2.24) is 30.0 Å². The molecule has 0 spiro atoms. The summed E-state index contributed by atoms with van der Waals surface area (Å²) < 4.78 is 29.5. The van der Waals surface area contributed by atoms with Crippen molar-refractivity contribution in [3.63, 3.8) is 0 Å². The summed E-state index contributed by atoms with van der Waals surface area (Å²) in [6.45, 7) is 1.17. The average Bonchev–Trinajstić information content (AvgIpc) is 3.41. The summed E-state index contributed by atoms with van der Waals surface area (Å²) in [6, 6.07) is 12.8. The molecular formula is C23H24F2N6. The molecule has 0 aliphatic rings. The second kappa shape index (κ2) is 10.1. The van der Waals surface area contributed by atoms with Gasteiger partial charge in [0.25, 0.3) is 0 Å². The molecule has 0 N–H and O–H groups in total. The second-order valence-electron chi connectivity index (χ2n) is 7.63. The fourth-order valence-corrected chi connectivity index (χ4v) is 3.40. The van der Waals surface area contributed by atoms with Crippen LogP contribution in [0.25, 0.3) is 0 Å². The van der Waals surface area contributed by atoms with Crippen LogP contribution in [0.3, 0.4) is 0 Å². The Hall–Kier alpha value is -3.42. The minimum Gasteiger partial charge on any atom is -0.248 e. The molecule has 0 bridgehead atoms. The summed E-state index contributed by atoms with van der Waals surface area (Å²) in [6.07, 6.45) is 8.77. The Bertz CT molecular complexity index is 998. The second-order valence-corrected chi connectivity index (χ2v) is 7.63. The first kappa shape index (κ1) is 20.8. The van der Waals surface area contributed by atoms with E-state index in [-0.39, 0.29) is 11.6 Å². The Morgan fingerprint density at radius 3 is 1.42 bits per heavy atom. The third kappa shape index (κ3) is 6.28. The van der Waals surface area contributed by atoms with E-state index in [1.165, 1.54) is 24.3 Å². The smallest absolute Gasteiger partial charge is 0.123 e. The van der Waals surface area contributed by atoms with E-state index in [4.69, 9.17) is 0 Å². The third-order valence-electron chi connectivity index (χ3n) is 5.05. The summed E-state index contributed by atoms with van der Waals surface area (Å²) in [5, 5.41) is 16.8. The van der Waals surface area contributed by atoms with Crippen LogP contribution >= 0.6 is 0 Å². The lowest BCUT2D eigenvalue weighted by Crippen LogP contribution is -2.00. The molecule has 0 atom stereocenters. The largest absolute Gasteiger partial charge is 0.248 e. The maximum atomic E-state index is 13.0. The zero-order valence-electron chi connectivity index (χ0n) is 17.2. The summed E-state index contributed by atoms with van der Waals surface area (Å²) >= 11 is 0. The van der Waals surface area contributed by atoms with Crippen LogP contribution in [0.15, 0.2) is 60.9 Å². The van der Waals surface area contributed by atoms with Gasteiger partial charge in [0, 0.05) is 12.4 Å². The Morgan fingerprint density at radius 2 is 1.00 bits per heavy atom. The van der Waals surface area contributed by atoms with Crippen molar-refractivity contribution in [2.24, 2.45) is 0 Å². The number of halogens is 2. The Balaban J connectivity index is 1.15. The molecule has 8 heteroatoms. The minimum absolute atomic E-state index is 0.238. The molecule has 2 aromatic heterocycles. The molecule has 2 aromatic carbocycles. The van der Waals surface area contributed by atoms with Crippen LogP contribution in [0.2, 0.25) is 0 Å². The molecule has 0 aliphatic heterocycles. The van der Waals surface area contributed by atoms with Crippen molar-refractivity contribution < 1.29 is 8.78 Å². The molecule has 0 amide bonds. The van der Waals surface area contributed by atoms with Gasteiger partial charge in [0.1, 0.15) is 11.6 Å².